The van der Waals surface area contributed by atoms with Crippen LogP contribution in [0.5, 0.6) is 0 Å². The first-order valence-electron chi connectivity index (χ1n) is 2.90. The van der Waals surface area contributed by atoms with E-state index in [1.807, 2.05) is 12.3 Å². The van der Waals surface area contributed by atoms with Crippen LogP contribution in [0.1, 0.15) is 6.42 Å². The Bertz CT molecular complexity index is 107. The smallest absolute Gasteiger partial charge is 0.00317 e. The molecule has 0 saturated heterocycles. The summed E-state index contributed by atoms with van der Waals surface area (Å²) in [4.78, 5) is 1.30. The van der Waals surface area contributed by atoms with Gasteiger partial charge in [0, 0.05) is 0 Å². The van der Waals surface area contributed by atoms with Crippen LogP contribution >= 0.6 is 11.8 Å². The van der Waals surface area contributed by atoms with Crippen LogP contribution in [0.15, 0.2) is 23.6 Å². The molecule has 0 aromatic rings. The van der Waals surface area contributed by atoms with Crippen LogP contribution < -0.4 is 5.73 Å². The number of allylic oxidation sites excluding steroid dienone is 2. The molecule has 0 bridgehead atoms. The summed E-state index contributed by atoms with van der Waals surface area (Å²) in [5.41, 5.74) is 5.35. The molecule has 9 heavy (non-hydrogen) atoms. The molecular formula is C7H13NS. The molecule has 0 unspecified atom stereocenters. The fourth-order valence-corrected chi connectivity index (χ4v) is 1.08. The van der Waals surface area contributed by atoms with Crippen molar-refractivity contribution in [3.63, 3.8) is 0 Å². The zero-order chi connectivity index (χ0) is 7.11. The lowest BCUT2D eigenvalue weighted by atomic mass is 10.4. The normalized spacial score (nSPS) is 11.6. The average Bonchev–Trinajstić information content (AvgIpc) is 1.88. The van der Waals surface area contributed by atoms with Gasteiger partial charge in [-0.15, -0.1) is 11.8 Å². The molecule has 0 heterocycles. The largest absolute Gasteiger partial charge is 0.330 e. The molecular weight excluding hydrogens is 130 g/mol. The third-order valence-corrected chi connectivity index (χ3v) is 1.82. The summed E-state index contributed by atoms with van der Waals surface area (Å²) < 4.78 is 0. The summed E-state index contributed by atoms with van der Waals surface area (Å²) in [7, 11) is 0. The first-order chi connectivity index (χ1) is 4.35. The minimum atomic E-state index is 0.723. The van der Waals surface area contributed by atoms with Gasteiger partial charge in [0.2, 0.25) is 0 Å². The van der Waals surface area contributed by atoms with Gasteiger partial charge >= 0.3 is 0 Å². The SMILES string of the molecule is C=C/C=C(/CCN)SC. The molecule has 0 aromatic carbocycles. The van der Waals surface area contributed by atoms with Crippen LogP contribution in [0.25, 0.3) is 0 Å². The Kier molecular flexibility index (Phi) is 5.78. The molecule has 0 aliphatic heterocycles. The maximum atomic E-state index is 5.35. The molecule has 52 valence electrons. The second-order valence-electron chi connectivity index (χ2n) is 1.61. The van der Waals surface area contributed by atoms with E-state index in [0.29, 0.717) is 0 Å². The van der Waals surface area contributed by atoms with E-state index in [4.69, 9.17) is 5.73 Å². The van der Waals surface area contributed by atoms with E-state index in [1.165, 1.54) is 4.91 Å². The first-order valence-corrected chi connectivity index (χ1v) is 4.13. The lowest BCUT2D eigenvalue weighted by Gasteiger charge is -1.97. The summed E-state index contributed by atoms with van der Waals surface area (Å²) in [5, 5.41) is 0. The van der Waals surface area contributed by atoms with Gasteiger partial charge in [0.1, 0.15) is 0 Å². The van der Waals surface area contributed by atoms with Crippen molar-refractivity contribution in [3.8, 4) is 0 Å². The average molecular weight is 143 g/mol. The van der Waals surface area contributed by atoms with Crippen LogP contribution in [0.4, 0.5) is 0 Å². The molecule has 0 atom stereocenters. The van der Waals surface area contributed by atoms with Crippen LogP contribution in [-0.4, -0.2) is 12.8 Å². The van der Waals surface area contributed by atoms with Gasteiger partial charge in [-0.1, -0.05) is 18.7 Å². The Labute approximate surface area is 61.0 Å². The summed E-state index contributed by atoms with van der Waals surface area (Å²) in [6, 6.07) is 0. The molecule has 0 aliphatic rings. The molecule has 2 heteroatoms. The molecule has 0 spiro atoms. The number of rotatable bonds is 4. The third-order valence-electron chi connectivity index (χ3n) is 0.957. The highest BCUT2D eigenvalue weighted by Gasteiger charge is 1.88. The van der Waals surface area contributed by atoms with Gasteiger partial charge in [-0.3, -0.25) is 0 Å². The highest BCUT2D eigenvalue weighted by Crippen LogP contribution is 2.13. The van der Waals surface area contributed by atoms with Crippen molar-refractivity contribution >= 4 is 11.8 Å². The lowest BCUT2D eigenvalue weighted by Crippen LogP contribution is -1.98. The number of hydrogen-bond donors (Lipinski definition) is 1. The van der Waals surface area contributed by atoms with E-state index in [0.717, 1.165) is 13.0 Å². The summed E-state index contributed by atoms with van der Waals surface area (Å²) in [6.45, 7) is 4.32. The molecule has 0 aromatic heterocycles. The molecule has 0 saturated carbocycles. The molecule has 0 aliphatic carbocycles. The second-order valence-corrected chi connectivity index (χ2v) is 2.54. The molecule has 0 radical (unpaired) electrons. The van der Waals surface area contributed by atoms with E-state index >= 15 is 0 Å². The van der Waals surface area contributed by atoms with E-state index in [9.17, 15) is 0 Å². The highest BCUT2D eigenvalue weighted by atomic mass is 32.2. The molecule has 0 rings (SSSR count). The van der Waals surface area contributed by atoms with E-state index in [-0.39, 0.29) is 0 Å². The van der Waals surface area contributed by atoms with Crippen molar-refractivity contribution in [1.29, 1.82) is 0 Å². The minimum absolute atomic E-state index is 0.723. The van der Waals surface area contributed by atoms with Gasteiger partial charge in [0.15, 0.2) is 0 Å². The van der Waals surface area contributed by atoms with Gasteiger partial charge in [0.05, 0.1) is 0 Å². The fraction of sp³-hybridized carbons (Fsp3) is 0.429. The van der Waals surface area contributed by atoms with E-state index in [1.54, 1.807) is 17.8 Å². The minimum Gasteiger partial charge on any atom is -0.330 e. The molecule has 1 nitrogen and oxygen atoms in total. The molecule has 0 fully saturated rings. The predicted molar refractivity (Wildman–Crippen MR) is 45.5 cm³/mol. The van der Waals surface area contributed by atoms with Gasteiger partial charge in [-0.2, -0.15) is 0 Å². The Balaban J connectivity index is 3.66. The zero-order valence-corrected chi connectivity index (χ0v) is 6.58. The molecule has 2 N–H and O–H groups in total. The Morgan fingerprint density at radius 3 is 2.78 bits per heavy atom. The fourth-order valence-electron chi connectivity index (χ4n) is 0.527. The molecule has 0 amide bonds. The Hall–Kier alpha value is -0.210. The summed E-state index contributed by atoms with van der Waals surface area (Å²) >= 11 is 1.73. The van der Waals surface area contributed by atoms with E-state index < -0.39 is 0 Å². The maximum absolute atomic E-state index is 5.35. The predicted octanol–water partition coefficient (Wildman–Crippen LogP) is 1.77. The van der Waals surface area contributed by atoms with Crippen molar-refractivity contribution in [3.05, 3.63) is 23.6 Å². The zero-order valence-electron chi connectivity index (χ0n) is 5.76. The number of hydrogen-bond acceptors (Lipinski definition) is 2. The Morgan fingerprint density at radius 2 is 2.44 bits per heavy atom. The first kappa shape index (κ1) is 8.79. The topological polar surface area (TPSA) is 26.0 Å². The Morgan fingerprint density at radius 1 is 1.78 bits per heavy atom. The van der Waals surface area contributed by atoms with Crippen molar-refractivity contribution in [2.75, 3.05) is 12.8 Å². The van der Waals surface area contributed by atoms with Gasteiger partial charge < -0.3 is 5.73 Å². The van der Waals surface area contributed by atoms with Crippen LogP contribution in [0.3, 0.4) is 0 Å². The summed E-state index contributed by atoms with van der Waals surface area (Å²) in [6.07, 6.45) is 6.80. The number of thioether (sulfide) groups is 1. The van der Waals surface area contributed by atoms with Gasteiger partial charge in [0.25, 0.3) is 0 Å². The number of nitrogens with two attached hydrogens (primary N) is 1. The van der Waals surface area contributed by atoms with Gasteiger partial charge in [-0.25, -0.2) is 0 Å². The van der Waals surface area contributed by atoms with Crippen LogP contribution in [0, 0.1) is 0 Å². The monoisotopic (exact) mass is 143 g/mol. The standard InChI is InChI=1S/C7H13NS/c1-3-4-7(9-2)5-6-8/h3-4H,1,5-6,8H2,2H3/b7-4-. The van der Waals surface area contributed by atoms with E-state index in [2.05, 4.69) is 6.58 Å². The third kappa shape index (κ3) is 4.30. The second kappa shape index (κ2) is 5.92. The quantitative estimate of drug-likeness (QED) is 0.607. The maximum Gasteiger partial charge on any atom is -0.00317 e. The van der Waals surface area contributed by atoms with Crippen molar-refractivity contribution in [2.45, 2.75) is 6.42 Å². The lowest BCUT2D eigenvalue weighted by molar-refractivity contribution is 0.997. The highest BCUT2D eigenvalue weighted by molar-refractivity contribution is 8.02. The van der Waals surface area contributed by atoms with Crippen molar-refractivity contribution < 1.29 is 0 Å². The van der Waals surface area contributed by atoms with Crippen molar-refractivity contribution in [2.24, 2.45) is 5.73 Å². The van der Waals surface area contributed by atoms with Crippen LogP contribution in [-0.2, 0) is 0 Å². The van der Waals surface area contributed by atoms with Crippen LogP contribution in [0.2, 0.25) is 0 Å². The van der Waals surface area contributed by atoms with Crippen molar-refractivity contribution in [1.82, 2.24) is 0 Å². The summed E-state index contributed by atoms with van der Waals surface area (Å²) in [5.74, 6) is 0. The van der Waals surface area contributed by atoms with Gasteiger partial charge in [-0.05, 0) is 24.1 Å².